The van der Waals surface area contributed by atoms with Crippen molar-refractivity contribution in [2.45, 2.75) is 46.0 Å². The fourth-order valence-electron chi connectivity index (χ4n) is 2.04. The zero-order valence-corrected chi connectivity index (χ0v) is 13.3. The lowest BCUT2D eigenvalue weighted by Gasteiger charge is -2.10. The number of rotatable bonds is 9. The summed E-state index contributed by atoms with van der Waals surface area (Å²) in [5, 5.41) is 5.48. The second-order valence-corrected chi connectivity index (χ2v) is 5.12. The highest BCUT2D eigenvalue weighted by molar-refractivity contribution is 6.05. The molecule has 0 heterocycles. The maximum absolute atomic E-state index is 12.2. The van der Waals surface area contributed by atoms with Crippen molar-refractivity contribution in [2.75, 3.05) is 11.9 Å². The molecule has 0 bridgehead atoms. The number of hydrogen-bond acceptors (Lipinski definition) is 3. The van der Waals surface area contributed by atoms with Gasteiger partial charge in [-0.05, 0) is 25.0 Å². The molecule has 0 spiro atoms. The SMILES string of the molecule is CCCC(=O)NCCC(=O)c1ccccc1NC(=O)CCC. The van der Waals surface area contributed by atoms with Crippen molar-refractivity contribution in [2.24, 2.45) is 0 Å². The van der Waals surface area contributed by atoms with Gasteiger partial charge >= 0.3 is 0 Å². The molecule has 5 nitrogen and oxygen atoms in total. The van der Waals surface area contributed by atoms with Crippen LogP contribution in [-0.2, 0) is 9.59 Å². The monoisotopic (exact) mass is 304 g/mol. The number of ketones is 1. The van der Waals surface area contributed by atoms with Gasteiger partial charge in [0.25, 0.3) is 0 Å². The van der Waals surface area contributed by atoms with Crippen LogP contribution in [0.4, 0.5) is 5.69 Å². The molecule has 2 N–H and O–H groups in total. The molecule has 0 saturated heterocycles. The van der Waals surface area contributed by atoms with Gasteiger partial charge in [-0.15, -0.1) is 0 Å². The van der Waals surface area contributed by atoms with Crippen LogP contribution in [0.1, 0.15) is 56.3 Å². The summed E-state index contributed by atoms with van der Waals surface area (Å²) in [6.07, 6.45) is 2.65. The molecule has 2 amide bonds. The first kappa shape index (κ1) is 17.9. The lowest BCUT2D eigenvalue weighted by Crippen LogP contribution is -2.25. The van der Waals surface area contributed by atoms with Crippen LogP contribution in [0.25, 0.3) is 0 Å². The van der Waals surface area contributed by atoms with E-state index in [9.17, 15) is 14.4 Å². The summed E-state index contributed by atoms with van der Waals surface area (Å²) in [6.45, 7) is 4.17. The van der Waals surface area contributed by atoms with Crippen LogP contribution in [0.3, 0.4) is 0 Å². The van der Waals surface area contributed by atoms with E-state index in [-0.39, 0.29) is 24.0 Å². The molecule has 1 rings (SSSR count). The average molecular weight is 304 g/mol. The third-order valence-electron chi connectivity index (χ3n) is 3.13. The normalized spacial score (nSPS) is 10.1. The summed E-state index contributed by atoms with van der Waals surface area (Å²) < 4.78 is 0. The maximum atomic E-state index is 12.2. The molecule has 0 aliphatic carbocycles. The van der Waals surface area contributed by atoms with Crippen molar-refractivity contribution in [3.63, 3.8) is 0 Å². The maximum Gasteiger partial charge on any atom is 0.224 e. The summed E-state index contributed by atoms with van der Waals surface area (Å²) >= 11 is 0. The van der Waals surface area contributed by atoms with Gasteiger partial charge in [0.2, 0.25) is 11.8 Å². The smallest absolute Gasteiger partial charge is 0.224 e. The summed E-state index contributed by atoms with van der Waals surface area (Å²) in [7, 11) is 0. The molecule has 120 valence electrons. The van der Waals surface area contributed by atoms with E-state index >= 15 is 0 Å². The van der Waals surface area contributed by atoms with E-state index in [1.54, 1.807) is 24.3 Å². The summed E-state index contributed by atoms with van der Waals surface area (Å²) in [6, 6.07) is 6.95. The molecule has 0 atom stereocenters. The predicted molar refractivity (Wildman–Crippen MR) is 86.8 cm³/mol. The summed E-state index contributed by atoms with van der Waals surface area (Å²) in [5.74, 6) is -0.233. The Labute approximate surface area is 131 Å². The summed E-state index contributed by atoms with van der Waals surface area (Å²) in [4.78, 5) is 35.3. The number of Topliss-reactive ketones (excluding diaryl/α,β-unsaturated/α-hetero) is 1. The number of carbonyl (C=O) groups excluding carboxylic acids is 3. The number of benzene rings is 1. The molecule has 22 heavy (non-hydrogen) atoms. The van der Waals surface area contributed by atoms with E-state index in [0.29, 0.717) is 30.6 Å². The molecule has 1 aromatic rings. The molecule has 0 fully saturated rings. The Bertz CT molecular complexity index is 526. The summed E-state index contributed by atoms with van der Waals surface area (Å²) in [5.41, 5.74) is 1.02. The van der Waals surface area contributed by atoms with Gasteiger partial charge < -0.3 is 10.6 Å². The van der Waals surface area contributed by atoms with Crippen molar-refractivity contribution in [3.8, 4) is 0 Å². The van der Waals surface area contributed by atoms with Crippen LogP contribution < -0.4 is 10.6 Å². The standard InChI is InChI=1S/C17H24N2O3/c1-3-7-16(21)18-12-11-15(20)13-9-5-6-10-14(13)19-17(22)8-4-2/h5-6,9-10H,3-4,7-8,11-12H2,1-2H3,(H,18,21)(H,19,22). The van der Waals surface area contributed by atoms with E-state index in [0.717, 1.165) is 12.8 Å². The Kier molecular flexibility index (Phi) is 7.89. The first-order valence-electron chi connectivity index (χ1n) is 7.77. The molecule has 0 aromatic heterocycles. The van der Waals surface area contributed by atoms with Gasteiger partial charge in [-0.25, -0.2) is 0 Å². The van der Waals surface area contributed by atoms with Gasteiger partial charge in [0.05, 0.1) is 5.69 Å². The van der Waals surface area contributed by atoms with Crippen LogP contribution in [0.15, 0.2) is 24.3 Å². The van der Waals surface area contributed by atoms with E-state index < -0.39 is 0 Å². The van der Waals surface area contributed by atoms with Crippen LogP contribution in [0.5, 0.6) is 0 Å². The molecule has 0 saturated carbocycles. The third-order valence-corrected chi connectivity index (χ3v) is 3.13. The topological polar surface area (TPSA) is 75.3 Å². The average Bonchev–Trinajstić information content (AvgIpc) is 2.48. The van der Waals surface area contributed by atoms with E-state index in [4.69, 9.17) is 0 Å². The zero-order valence-electron chi connectivity index (χ0n) is 13.3. The predicted octanol–water partition coefficient (Wildman–Crippen LogP) is 2.91. The highest BCUT2D eigenvalue weighted by atomic mass is 16.2. The van der Waals surface area contributed by atoms with Gasteiger partial charge in [-0.1, -0.05) is 26.0 Å². The van der Waals surface area contributed by atoms with Crippen LogP contribution in [0.2, 0.25) is 0 Å². The number of para-hydroxylation sites is 1. The van der Waals surface area contributed by atoms with Crippen LogP contribution in [-0.4, -0.2) is 24.1 Å². The molecule has 0 unspecified atom stereocenters. The second-order valence-electron chi connectivity index (χ2n) is 5.12. The van der Waals surface area contributed by atoms with E-state index in [2.05, 4.69) is 10.6 Å². The van der Waals surface area contributed by atoms with Gasteiger partial charge in [0, 0.05) is 31.4 Å². The number of amides is 2. The first-order valence-corrected chi connectivity index (χ1v) is 7.77. The van der Waals surface area contributed by atoms with Crippen molar-refractivity contribution >= 4 is 23.3 Å². The van der Waals surface area contributed by atoms with Crippen molar-refractivity contribution in [1.29, 1.82) is 0 Å². The Hall–Kier alpha value is -2.17. The van der Waals surface area contributed by atoms with Gasteiger partial charge in [-0.3, -0.25) is 14.4 Å². The van der Waals surface area contributed by atoms with E-state index in [1.807, 2.05) is 13.8 Å². The Morgan fingerprint density at radius 3 is 2.23 bits per heavy atom. The number of hydrogen-bond donors (Lipinski definition) is 2. The minimum atomic E-state index is -0.0981. The largest absolute Gasteiger partial charge is 0.356 e. The van der Waals surface area contributed by atoms with E-state index in [1.165, 1.54) is 0 Å². The quantitative estimate of drug-likeness (QED) is 0.689. The van der Waals surface area contributed by atoms with Crippen molar-refractivity contribution < 1.29 is 14.4 Å². The molecule has 0 aliphatic heterocycles. The molecule has 0 radical (unpaired) electrons. The van der Waals surface area contributed by atoms with Gasteiger partial charge in [0.15, 0.2) is 5.78 Å². The molecule has 0 aliphatic rings. The molecule has 5 heteroatoms. The number of anilines is 1. The Morgan fingerprint density at radius 1 is 0.909 bits per heavy atom. The van der Waals surface area contributed by atoms with Gasteiger partial charge in [-0.2, -0.15) is 0 Å². The van der Waals surface area contributed by atoms with Crippen LogP contribution in [0, 0.1) is 0 Å². The third kappa shape index (κ3) is 6.08. The fourth-order valence-corrected chi connectivity index (χ4v) is 2.04. The fraction of sp³-hybridized carbons (Fsp3) is 0.471. The zero-order chi connectivity index (χ0) is 16.4. The lowest BCUT2D eigenvalue weighted by molar-refractivity contribution is -0.121. The van der Waals surface area contributed by atoms with Crippen molar-refractivity contribution in [1.82, 2.24) is 5.32 Å². The minimum Gasteiger partial charge on any atom is -0.356 e. The first-order chi connectivity index (χ1) is 10.6. The van der Waals surface area contributed by atoms with Gasteiger partial charge in [0.1, 0.15) is 0 Å². The molecular weight excluding hydrogens is 280 g/mol. The second kappa shape index (κ2) is 9.71. The molecular formula is C17H24N2O3. The highest BCUT2D eigenvalue weighted by Crippen LogP contribution is 2.17. The highest BCUT2D eigenvalue weighted by Gasteiger charge is 2.13. The Balaban J connectivity index is 2.61. The number of carbonyl (C=O) groups is 3. The van der Waals surface area contributed by atoms with Crippen LogP contribution >= 0.6 is 0 Å². The van der Waals surface area contributed by atoms with Crippen molar-refractivity contribution in [3.05, 3.63) is 29.8 Å². The molecule has 1 aromatic carbocycles. The number of nitrogens with one attached hydrogen (secondary N) is 2. The Morgan fingerprint density at radius 2 is 1.55 bits per heavy atom. The minimum absolute atomic E-state index is 0.0418. The lowest BCUT2D eigenvalue weighted by atomic mass is 10.1.